The molecule has 1 fully saturated rings. The molecule has 0 aromatic rings. The summed E-state index contributed by atoms with van der Waals surface area (Å²) in [6.45, 7) is 4.79. The van der Waals surface area contributed by atoms with Gasteiger partial charge in [0.15, 0.2) is 0 Å². The van der Waals surface area contributed by atoms with Gasteiger partial charge in [-0.25, -0.2) is 0 Å². The largest absolute Gasteiger partial charge is 0.383 e. The predicted octanol–water partition coefficient (Wildman–Crippen LogP) is 0.321. The minimum Gasteiger partial charge on any atom is -0.383 e. The van der Waals surface area contributed by atoms with Crippen LogP contribution in [0.15, 0.2) is 0 Å². The van der Waals surface area contributed by atoms with Gasteiger partial charge in [-0.1, -0.05) is 13.3 Å². The molecule has 1 rings (SSSR count). The van der Waals surface area contributed by atoms with Gasteiger partial charge in [0.05, 0.1) is 6.61 Å². The molecular weight excluding hydrogens is 266 g/mol. The average Bonchev–Trinajstić information content (AvgIpc) is 2.39. The highest BCUT2D eigenvalue weighted by Crippen LogP contribution is 2.10. The highest BCUT2D eigenvalue weighted by Gasteiger charge is 2.24. The van der Waals surface area contributed by atoms with E-state index in [0.717, 1.165) is 19.4 Å². The van der Waals surface area contributed by atoms with E-state index in [-0.39, 0.29) is 6.04 Å². The van der Waals surface area contributed by atoms with E-state index >= 15 is 0 Å². The number of hydrogen-bond acceptors (Lipinski definition) is 4. The fourth-order valence-corrected chi connectivity index (χ4v) is 3.57. The summed E-state index contributed by atoms with van der Waals surface area (Å²) in [6, 6.07) is 0.277. The molecule has 0 radical (unpaired) electrons. The summed E-state index contributed by atoms with van der Waals surface area (Å²) in [4.78, 5) is 0. The van der Waals surface area contributed by atoms with Crippen LogP contribution in [0.4, 0.5) is 0 Å². The Morgan fingerprint density at radius 1 is 1.42 bits per heavy atom. The Kier molecular flexibility index (Phi) is 7.86. The molecule has 1 aliphatic rings. The fraction of sp³-hybridized carbons (Fsp3) is 1.00. The maximum atomic E-state index is 12.2. The van der Waals surface area contributed by atoms with Gasteiger partial charge in [0.1, 0.15) is 0 Å². The van der Waals surface area contributed by atoms with Crippen LogP contribution < -0.4 is 10.0 Å². The standard InChI is InChI=1S/C12H27N3O3S/c1-3-9-15(11-12-6-4-5-7-13-12)19(16,17)14-8-10-18-2/h12-14H,3-11H2,1-2H3. The molecule has 0 aliphatic carbocycles. The van der Waals surface area contributed by atoms with Crippen molar-refractivity contribution in [2.75, 3.05) is 39.9 Å². The SMILES string of the molecule is CCCN(CC1CCCCN1)S(=O)(=O)NCCOC. The lowest BCUT2D eigenvalue weighted by Gasteiger charge is -2.29. The Labute approximate surface area is 117 Å². The van der Waals surface area contributed by atoms with Crippen molar-refractivity contribution in [3.63, 3.8) is 0 Å². The van der Waals surface area contributed by atoms with E-state index in [2.05, 4.69) is 10.0 Å². The van der Waals surface area contributed by atoms with Crippen LogP contribution in [0.3, 0.4) is 0 Å². The first-order valence-electron chi connectivity index (χ1n) is 7.07. The van der Waals surface area contributed by atoms with E-state index in [1.54, 1.807) is 11.4 Å². The number of hydrogen-bond donors (Lipinski definition) is 2. The maximum absolute atomic E-state index is 12.2. The van der Waals surface area contributed by atoms with Crippen molar-refractivity contribution >= 4 is 10.2 Å². The van der Waals surface area contributed by atoms with Gasteiger partial charge in [0, 0.05) is 32.8 Å². The molecule has 0 bridgehead atoms. The van der Waals surface area contributed by atoms with Crippen molar-refractivity contribution in [3.05, 3.63) is 0 Å². The predicted molar refractivity (Wildman–Crippen MR) is 76.3 cm³/mol. The quantitative estimate of drug-likeness (QED) is 0.601. The molecule has 1 atom stereocenters. The molecular formula is C12H27N3O3S. The molecule has 0 saturated carbocycles. The van der Waals surface area contributed by atoms with Crippen LogP contribution in [0.1, 0.15) is 32.6 Å². The minimum atomic E-state index is -3.39. The second-order valence-electron chi connectivity index (χ2n) is 4.90. The number of nitrogens with zero attached hydrogens (tertiary/aromatic N) is 1. The summed E-state index contributed by atoms with van der Waals surface area (Å²) in [5.74, 6) is 0. The molecule has 114 valence electrons. The van der Waals surface area contributed by atoms with Gasteiger partial charge < -0.3 is 10.1 Å². The van der Waals surface area contributed by atoms with Crippen LogP contribution in [0.5, 0.6) is 0 Å². The van der Waals surface area contributed by atoms with Gasteiger partial charge >= 0.3 is 0 Å². The Hall–Kier alpha value is -0.210. The van der Waals surface area contributed by atoms with Gasteiger partial charge in [-0.15, -0.1) is 0 Å². The molecule has 1 saturated heterocycles. The lowest BCUT2D eigenvalue weighted by atomic mass is 10.1. The normalized spacial score (nSPS) is 20.9. The van der Waals surface area contributed by atoms with E-state index in [9.17, 15) is 8.42 Å². The third-order valence-corrected chi connectivity index (χ3v) is 4.82. The van der Waals surface area contributed by atoms with Crippen LogP contribution in [-0.2, 0) is 14.9 Å². The van der Waals surface area contributed by atoms with E-state index in [1.807, 2.05) is 6.92 Å². The fourth-order valence-electron chi connectivity index (χ4n) is 2.25. The lowest BCUT2D eigenvalue weighted by molar-refractivity contribution is 0.203. The summed E-state index contributed by atoms with van der Waals surface area (Å²) in [5.41, 5.74) is 0. The van der Waals surface area contributed by atoms with E-state index in [0.29, 0.717) is 26.2 Å². The highest BCUT2D eigenvalue weighted by molar-refractivity contribution is 7.87. The third kappa shape index (κ3) is 6.18. The molecule has 19 heavy (non-hydrogen) atoms. The van der Waals surface area contributed by atoms with Crippen LogP contribution in [0, 0.1) is 0 Å². The number of ether oxygens (including phenoxy) is 1. The van der Waals surface area contributed by atoms with Crippen molar-refractivity contribution in [3.8, 4) is 0 Å². The average molecular weight is 293 g/mol. The van der Waals surface area contributed by atoms with Gasteiger partial charge in [0.2, 0.25) is 0 Å². The number of methoxy groups -OCH3 is 1. The van der Waals surface area contributed by atoms with Gasteiger partial charge in [-0.05, 0) is 25.8 Å². The van der Waals surface area contributed by atoms with E-state index in [4.69, 9.17) is 4.74 Å². The van der Waals surface area contributed by atoms with Crippen molar-refractivity contribution in [2.45, 2.75) is 38.6 Å². The molecule has 1 unspecified atom stereocenters. The number of piperidine rings is 1. The number of rotatable bonds is 9. The molecule has 0 aromatic carbocycles. The second kappa shape index (κ2) is 8.86. The highest BCUT2D eigenvalue weighted by atomic mass is 32.2. The molecule has 7 heteroatoms. The van der Waals surface area contributed by atoms with Crippen LogP contribution in [-0.4, -0.2) is 58.7 Å². The smallest absolute Gasteiger partial charge is 0.279 e. The Balaban J connectivity index is 2.53. The summed E-state index contributed by atoms with van der Waals surface area (Å²) in [6.07, 6.45) is 4.23. The summed E-state index contributed by atoms with van der Waals surface area (Å²) in [5, 5.41) is 3.39. The second-order valence-corrected chi connectivity index (χ2v) is 6.65. The Morgan fingerprint density at radius 2 is 2.21 bits per heavy atom. The van der Waals surface area contributed by atoms with Gasteiger partial charge in [-0.3, -0.25) is 0 Å². The monoisotopic (exact) mass is 293 g/mol. The number of nitrogens with one attached hydrogen (secondary N) is 2. The zero-order chi connectivity index (χ0) is 14.1. The molecule has 0 amide bonds. The van der Waals surface area contributed by atoms with Crippen LogP contribution in [0.25, 0.3) is 0 Å². The summed E-state index contributed by atoms with van der Waals surface area (Å²) < 4.78 is 33.4. The van der Waals surface area contributed by atoms with Crippen molar-refractivity contribution in [1.29, 1.82) is 0 Å². The summed E-state index contributed by atoms with van der Waals surface area (Å²) in [7, 11) is -1.83. The zero-order valence-corrected chi connectivity index (χ0v) is 12.8. The first-order chi connectivity index (χ1) is 9.10. The van der Waals surface area contributed by atoms with Crippen LogP contribution >= 0.6 is 0 Å². The molecule has 0 aromatic heterocycles. The maximum Gasteiger partial charge on any atom is 0.279 e. The van der Waals surface area contributed by atoms with Crippen molar-refractivity contribution < 1.29 is 13.2 Å². The Morgan fingerprint density at radius 3 is 2.79 bits per heavy atom. The first kappa shape index (κ1) is 16.8. The molecule has 2 N–H and O–H groups in total. The minimum absolute atomic E-state index is 0.277. The molecule has 0 spiro atoms. The zero-order valence-electron chi connectivity index (χ0n) is 12.0. The van der Waals surface area contributed by atoms with Crippen molar-refractivity contribution in [1.82, 2.24) is 14.3 Å². The Bertz CT molecular complexity index is 329. The van der Waals surface area contributed by atoms with E-state index in [1.165, 1.54) is 12.8 Å². The lowest BCUT2D eigenvalue weighted by Crippen LogP contribution is -2.49. The third-order valence-electron chi connectivity index (χ3n) is 3.24. The van der Waals surface area contributed by atoms with Crippen LogP contribution in [0.2, 0.25) is 0 Å². The van der Waals surface area contributed by atoms with E-state index < -0.39 is 10.2 Å². The first-order valence-corrected chi connectivity index (χ1v) is 8.51. The topological polar surface area (TPSA) is 70.7 Å². The van der Waals surface area contributed by atoms with Gasteiger partial charge in [-0.2, -0.15) is 17.4 Å². The van der Waals surface area contributed by atoms with Crippen molar-refractivity contribution in [2.24, 2.45) is 0 Å². The molecule has 1 heterocycles. The molecule has 6 nitrogen and oxygen atoms in total. The van der Waals surface area contributed by atoms with Gasteiger partial charge in [0.25, 0.3) is 10.2 Å². The summed E-state index contributed by atoms with van der Waals surface area (Å²) >= 11 is 0. The molecule has 1 aliphatic heterocycles.